The van der Waals surface area contributed by atoms with Gasteiger partial charge in [0.15, 0.2) is 5.13 Å². The minimum Gasteiger partial charge on any atom is -0.341 e. The Morgan fingerprint density at radius 3 is 2.41 bits per heavy atom. The van der Waals surface area contributed by atoms with E-state index in [4.69, 9.17) is 0 Å². The van der Waals surface area contributed by atoms with Gasteiger partial charge in [-0.25, -0.2) is 4.98 Å². The Morgan fingerprint density at radius 2 is 1.85 bits per heavy atom. The number of carbonyl (C=O) groups is 2. The minimum atomic E-state index is -4.38. The molecule has 2 aromatic rings. The van der Waals surface area contributed by atoms with Gasteiger partial charge in [0.25, 0.3) is 0 Å². The molecule has 0 aliphatic rings. The lowest BCUT2D eigenvalue weighted by Gasteiger charge is -2.17. The maximum Gasteiger partial charge on any atom is 0.416 e. The van der Waals surface area contributed by atoms with Gasteiger partial charge in [-0.3, -0.25) is 9.59 Å². The summed E-state index contributed by atoms with van der Waals surface area (Å²) in [4.78, 5) is 29.6. The van der Waals surface area contributed by atoms with E-state index in [1.54, 1.807) is 26.3 Å². The lowest BCUT2D eigenvalue weighted by Crippen LogP contribution is -2.27. The second-order valence-corrected chi connectivity index (χ2v) is 7.27. The van der Waals surface area contributed by atoms with E-state index in [9.17, 15) is 22.8 Å². The highest BCUT2D eigenvalue weighted by Gasteiger charge is 2.30. The molecule has 0 unspecified atom stereocenters. The average Bonchev–Trinajstić information content (AvgIpc) is 3.01. The molecule has 146 valence electrons. The number of benzene rings is 1. The number of likely N-dealkylation sites (N-methyl/N-ethyl adjacent to an activating group) is 1. The largest absolute Gasteiger partial charge is 0.416 e. The van der Waals surface area contributed by atoms with Crippen LogP contribution in [0.2, 0.25) is 0 Å². The van der Waals surface area contributed by atoms with Crippen molar-refractivity contribution in [3.8, 4) is 0 Å². The number of alkyl halides is 3. The zero-order valence-electron chi connectivity index (χ0n) is 15.1. The summed E-state index contributed by atoms with van der Waals surface area (Å²) in [5, 5.41) is 4.80. The summed E-state index contributed by atoms with van der Waals surface area (Å²) in [5.74, 6) is -0.544. The number of halogens is 3. The third-order valence-electron chi connectivity index (χ3n) is 3.77. The molecule has 0 radical (unpaired) electrons. The van der Waals surface area contributed by atoms with Crippen molar-refractivity contribution in [1.29, 1.82) is 0 Å². The van der Waals surface area contributed by atoms with Crippen molar-refractivity contribution in [3.63, 3.8) is 0 Å². The number of nitrogens with one attached hydrogen (secondary N) is 1. The van der Waals surface area contributed by atoms with E-state index in [1.165, 1.54) is 28.4 Å². The predicted molar refractivity (Wildman–Crippen MR) is 97.2 cm³/mol. The standard InChI is InChI=1S/C18H20F3N3O2S/c1-11(2)16(26)23-17-22-14(10-27-17)8-15(25)24(3)9-12-4-6-13(7-5-12)18(19,20)21/h4-7,10-11H,8-9H2,1-3H3,(H,22,23,26). The molecule has 0 bridgehead atoms. The van der Waals surface area contributed by atoms with Crippen LogP contribution in [0, 0.1) is 5.92 Å². The Labute approximate surface area is 159 Å². The van der Waals surface area contributed by atoms with Crippen LogP contribution in [-0.4, -0.2) is 28.7 Å². The molecule has 1 heterocycles. The molecular weight excluding hydrogens is 379 g/mol. The maximum atomic E-state index is 12.6. The molecule has 0 aliphatic carbocycles. The van der Waals surface area contributed by atoms with Crippen LogP contribution in [0.25, 0.3) is 0 Å². The van der Waals surface area contributed by atoms with Crippen molar-refractivity contribution in [2.75, 3.05) is 12.4 Å². The van der Waals surface area contributed by atoms with Crippen LogP contribution < -0.4 is 5.32 Å². The van der Waals surface area contributed by atoms with Gasteiger partial charge in [0.1, 0.15) is 0 Å². The molecule has 0 aliphatic heterocycles. The number of amides is 2. The van der Waals surface area contributed by atoms with Crippen molar-refractivity contribution >= 4 is 28.3 Å². The fourth-order valence-corrected chi connectivity index (χ4v) is 2.86. The van der Waals surface area contributed by atoms with Crippen molar-refractivity contribution in [2.45, 2.75) is 33.0 Å². The van der Waals surface area contributed by atoms with Crippen molar-refractivity contribution in [1.82, 2.24) is 9.88 Å². The molecule has 2 rings (SSSR count). The Hall–Kier alpha value is -2.42. The Balaban J connectivity index is 1.92. The van der Waals surface area contributed by atoms with Crippen LogP contribution in [0.1, 0.15) is 30.7 Å². The Morgan fingerprint density at radius 1 is 1.22 bits per heavy atom. The van der Waals surface area contributed by atoms with Crippen LogP contribution in [0.5, 0.6) is 0 Å². The quantitative estimate of drug-likeness (QED) is 0.800. The topological polar surface area (TPSA) is 62.3 Å². The number of carbonyl (C=O) groups excluding carboxylic acids is 2. The summed E-state index contributed by atoms with van der Waals surface area (Å²) in [6, 6.07) is 4.71. The molecule has 27 heavy (non-hydrogen) atoms. The maximum absolute atomic E-state index is 12.6. The molecule has 1 aromatic heterocycles. The molecule has 1 N–H and O–H groups in total. The van der Waals surface area contributed by atoms with Gasteiger partial charge < -0.3 is 10.2 Å². The van der Waals surface area contributed by atoms with E-state index in [2.05, 4.69) is 10.3 Å². The van der Waals surface area contributed by atoms with E-state index in [0.29, 0.717) is 16.4 Å². The first kappa shape index (κ1) is 20.9. The van der Waals surface area contributed by atoms with Gasteiger partial charge in [-0.15, -0.1) is 11.3 Å². The summed E-state index contributed by atoms with van der Waals surface area (Å²) in [7, 11) is 1.58. The van der Waals surface area contributed by atoms with Crippen LogP contribution in [-0.2, 0) is 28.7 Å². The van der Waals surface area contributed by atoms with E-state index in [0.717, 1.165) is 12.1 Å². The molecule has 0 saturated carbocycles. The molecule has 0 fully saturated rings. The lowest BCUT2D eigenvalue weighted by molar-refractivity contribution is -0.137. The smallest absolute Gasteiger partial charge is 0.341 e. The number of rotatable bonds is 6. The molecule has 2 amide bonds. The molecule has 0 spiro atoms. The second-order valence-electron chi connectivity index (χ2n) is 6.41. The zero-order chi connectivity index (χ0) is 20.2. The van der Waals surface area contributed by atoms with E-state index in [1.807, 2.05) is 0 Å². The first-order valence-corrected chi connectivity index (χ1v) is 9.09. The van der Waals surface area contributed by atoms with Crippen LogP contribution in [0.4, 0.5) is 18.3 Å². The monoisotopic (exact) mass is 399 g/mol. The summed E-state index contributed by atoms with van der Waals surface area (Å²) >= 11 is 1.24. The highest BCUT2D eigenvalue weighted by molar-refractivity contribution is 7.13. The van der Waals surface area contributed by atoms with Gasteiger partial charge in [0.2, 0.25) is 11.8 Å². The molecule has 9 heteroatoms. The van der Waals surface area contributed by atoms with Crippen molar-refractivity contribution in [2.24, 2.45) is 5.92 Å². The molecular formula is C18H20F3N3O2S. The zero-order valence-corrected chi connectivity index (χ0v) is 15.9. The highest BCUT2D eigenvalue weighted by atomic mass is 32.1. The number of nitrogens with zero attached hydrogens (tertiary/aromatic N) is 2. The number of anilines is 1. The third-order valence-corrected chi connectivity index (χ3v) is 4.57. The van der Waals surface area contributed by atoms with E-state index in [-0.39, 0.29) is 30.7 Å². The van der Waals surface area contributed by atoms with E-state index >= 15 is 0 Å². The first-order valence-electron chi connectivity index (χ1n) is 8.21. The van der Waals surface area contributed by atoms with Crippen molar-refractivity contribution < 1.29 is 22.8 Å². The molecule has 1 aromatic carbocycles. The summed E-state index contributed by atoms with van der Waals surface area (Å²) < 4.78 is 37.7. The normalized spacial score (nSPS) is 11.5. The van der Waals surface area contributed by atoms with Gasteiger partial charge in [0.05, 0.1) is 17.7 Å². The van der Waals surface area contributed by atoms with Gasteiger partial charge in [-0.2, -0.15) is 13.2 Å². The second kappa shape index (κ2) is 8.51. The predicted octanol–water partition coefficient (Wildman–Crippen LogP) is 3.96. The fourth-order valence-electron chi connectivity index (χ4n) is 2.15. The summed E-state index contributed by atoms with van der Waals surface area (Å²) in [6.07, 6.45) is -4.33. The van der Waals surface area contributed by atoms with Crippen LogP contribution in [0.15, 0.2) is 29.6 Å². The summed E-state index contributed by atoms with van der Waals surface area (Å²) in [6.45, 7) is 3.73. The number of hydrogen-bond donors (Lipinski definition) is 1. The Bertz CT molecular complexity index is 801. The SMILES string of the molecule is CC(C)C(=O)Nc1nc(CC(=O)N(C)Cc2ccc(C(F)(F)F)cc2)cs1. The lowest BCUT2D eigenvalue weighted by atomic mass is 10.1. The number of hydrogen-bond acceptors (Lipinski definition) is 4. The van der Waals surface area contributed by atoms with E-state index < -0.39 is 11.7 Å². The van der Waals surface area contributed by atoms with Gasteiger partial charge >= 0.3 is 6.18 Å². The highest BCUT2D eigenvalue weighted by Crippen LogP contribution is 2.29. The minimum absolute atomic E-state index is 0.0468. The molecule has 5 nitrogen and oxygen atoms in total. The average molecular weight is 399 g/mol. The Kier molecular flexibility index (Phi) is 6.59. The number of thiazole rings is 1. The first-order chi connectivity index (χ1) is 12.6. The van der Waals surface area contributed by atoms with Crippen molar-refractivity contribution in [3.05, 3.63) is 46.5 Å². The molecule has 0 atom stereocenters. The fraction of sp³-hybridized carbons (Fsp3) is 0.389. The van der Waals surface area contributed by atoms with Gasteiger partial charge in [-0.1, -0.05) is 26.0 Å². The van der Waals surface area contributed by atoms with Crippen LogP contribution >= 0.6 is 11.3 Å². The van der Waals surface area contributed by atoms with Crippen LogP contribution in [0.3, 0.4) is 0 Å². The summed E-state index contributed by atoms with van der Waals surface area (Å²) in [5.41, 5.74) is 0.406. The molecule has 0 saturated heterocycles. The van der Waals surface area contributed by atoms with Gasteiger partial charge in [0, 0.05) is 24.9 Å². The number of aromatic nitrogens is 1. The third kappa shape index (κ3) is 6.06. The van der Waals surface area contributed by atoms with Gasteiger partial charge in [-0.05, 0) is 17.7 Å².